The number of para-hydroxylation sites is 2. The topological polar surface area (TPSA) is 90.5 Å². The summed E-state index contributed by atoms with van der Waals surface area (Å²) in [6.45, 7) is 2.77. The molecule has 2 aromatic carbocycles. The van der Waals surface area contributed by atoms with Crippen molar-refractivity contribution in [2.24, 2.45) is 0 Å². The number of rotatable bonds is 6. The molecular formula is C21H22N4O3. The molecule has 0 atom stereocenters. The smallest absolute Gasteiger partial charge is 0.328 e. The van der Waals surface area contributed by atoms with Crippen molar-refractivity contribution in [2.75, 3.05) is 30.4 Å². The summed E-state index contributed by atoms with van der Waals surface area (Å²) in [6, 6.07) is 13.8. The van der Waals surface area contributed by atoms with Crippen LogP contribution in [0.4, 0.5) is 16.2 Å². The average molecular weight is 378 g/mol. The number of benzene rings is 2. The molecule has 3 amide bonds. The van der Waals surface area contributed by atoms with Gasteiger partial charge in [0.1, 0.15) is 0 Å². The normalized spacial score (nSPS) is 14.1. The second-order valence-electron chi connectivity index (χ2n) is 6.33. The molecule has 0 spiro atoms. The van der Waals surface area contributed by atoms with Crippen molar-refractivity contribution in [3.05, 3.63) is 65.4 Å². The van der Waals surface area contributed by atoms with Gasteiger partial charge in [-0.2, -0.15) is 0 Å². The summed E-state index contributed by atoms with van der Waals surface area (Å²) >= 11 is 0. The number of nitrogens with zero attached hydrogens (tertiary/aromatic N) is 1. The van der Waals surface area contributed by atoms with Gasteiger partial charge in [0.25, 0.3) is 0 Å². The highest BCUT2D eigenvalue weighted by Gasteiger charge is 2.28. The van der Waals surface area contributed by atoms with Crippen LogP contribution >= 0.6 is 0 Å². The number of likely N-dealkylation sites (N-methyl/N-ethyl adjacent to an activating group) is 1. The Labute approximate surface area is 163 Å². The number of imide groups is 1. The van der Waals surface area contributed by atoms with Gasteiger partial charge in [-0.05, 0) is 37.7 Å². The third-order valence-electron chi connectivity index (χ3n) is 4.58. The number of amides is 3. The Bertz CT molecular complexity index is 952. The number of hydrogen-bond donors (Lipinski definition) is 3. The molecule has 0 unspecified atom stereocenters. The highest BCUT2D eigenvalue weighted by Crippen LogP contribution is 2.35. The number of carbonyl (C=O) groups excluding carboxylic acids is 3. The van der Waals surface area contributed by atoms with E-state index in [1.165, 1.54) is 0 Å². The number of allylic oxidation sites excluding steroid dienone is 2. The van der Waals surface area contributed by atoms with E-state index in [0.29, 0.717) is 47.6 Å². The summed E-state index contributed by atoms with van der Waals surface area (Å²) < 4.78 is 0. The zero-order valence-electron chi connectivity index (χ0n) is 15.8. The third kappa shape index (κ3) is 3.65. The fourth-order valence-electron chi connectivity index (χ4n) is 3.11. The lowest BCUT2D eigenvalue weighted by Crippen LogP contribution is -2.42. The minimum atomic E-state index is -0.524. The zero-order valence-corrected chi connectivity index (χ0v) is 15.8. The van der Waals surface area contributed by atoms with Crippen molar-refractivity contribution < 1.29 is 14.4 Å². The van der Waals surface area contributed by atoms with Gasteiger partial charge in [0.15, 0.2) is 0 Å². The van der Waals surface area contributed by atoms with Crippen LogP contribution in [0.15, 0.2) is 54.2 Å². The lowest BCUT2D eigenvalue weighted by Gasteiger charge is -2.20. The van der Waals surface area contributed by atoms with E-state index in [-0.39, 0.29) is 5.78 Å². The average Bonchev–Trinajstić information content (AvgIpc) is 3.05. The number of nitrogens with one attached hydrogen (secondary N) is 3. The summed E-state index contributed by atoms with van der Waals surface area (Å²) in [5.41, 5.74) is 3.49. The molecule has 0 bridgehead atoms. The van der Waals surface area contributed by atoms with E-state index >= 15 is 0 Å². The van der Waals surface area contributed by atoms with E-state index in [1.54, 1.807) is 44.3 Å². The predicted octanol–water partition coefficient (Wildman–Crippen LogP) is 2.62. The Morgan fingerprint density at radius 3 is 2.54 bits per heavy atom. The molecule has 1 aliphatic rings. The Hall–Kier alpha value is -3.45. The highest BCUT2D eigenvalue weighted by molar-refractivity contribution is 6.22. The van der Waals surface area contributed by atoms with Gasteiger partial charge in [0.05, 0.1) is 11.4 Å². The molecule has 0 aromatic heterocycles. The largest absolute Gasteiger partial charge is 0.351 e. The molecule has 1 aliphatic heterocycles. The highest BCUT2D eigenvalue weighted by atomic mass is 16.2. The molecule has 7 heteroatoms. The molecule has 28 heavy (non-hydrogen) atoms. The van der Waals surface area contributed by atoms with Crippen LogP contribution in [0.2, 0.25) is 0 Å². The first kappa shape index (κ1) is 19.3. The molecule has 0 saturated heterocycles. The van der Waals surface area contributed by atoms with E-state index in [2.05, 4.69) is 16.0 Å². The molecule has 7 nitrogen and oxygen atoms in total. The number of fused-ring (bicyclic) bond motifs is 1. The van der Waals surface area contributed by atoms with E-state index in [0.717, 1.165) is 10.6 Å². The van der Waals surface area contributed by atoms with Gasteiger partial charge in [-0.15, -0.1) is 0 Å². The monoisotopic (exact) mass is 378 g/mol. The summed E-state index contributed by atoms with van der Waals surface area (Å²) in [5, 5.41) is 8.76. The molecule has 0 saturated carbocycles. The number of anilines is 2. The molecular weight excluding hydrogens is 356 g/mol. The molecule has 144 valence electrons. The quantitative estimate of drug-likeness (QED) is 0.408. The third-order valence-corrected chi connectivity index (χ3v) is 4.58. The fraction of sp³-hybridized carbons (Fsp3) is 0.190. The molecule has 2 aromatic rings. The first-order valence-corrected chi connectivity index (χ1v) is 8.96. The number of ketones is 1. The summed E-state index contributed by atoms with van der Waals surface area (Å²) in [5.74, 6) is -0.112. The second-order valence-corrected chi connectivity index (χ2v) is 6.33. The van der Waals surface area contributed by atoms with Crippen LogP contribution in [0.25, 0.3) is 5.57 Å². The summed E-state index contributed by atoms with van der Waals surface area (Å²) in [4.78, 5) is 37.9. The van der Waals surface area contributed by atoms with Crippen LogP contribution in [0.1, 0.15) is 22.8 Å². The van der Waals surface area contributed by atoms with E-state index in [1.807, 2.05) is 18.2 Å². The number of Topliss-reactive ketones (excluding diaryl/α,β-unsaturated/α-hetero) is 1. The van der Waals surface area contributed by atoms with Crippen LogP contribution in [0.5, 0.6) is 0 Å². The SMILES string of the molecule is CNCCNC(=O)N(C=O)c1ccccc1/C(C)=C1/Nc2ccccc2C1=O. The Balaban J connectivity index is 1.97. The maximum Gasteiger partial charge on any atom is 0.328 e. The maximum absolute atomic E-state index is 12.8. The van der Waals surface area contributed by atoms with Gasteiger partial charge >= 0.3 is 6.03 Å². The van der Waals surface area contributed by atoms with E-state index in [9.17, 15) is 14.4 Å². The van der Waals surface area contributed by atoms with Gasteiger partial charge < -0.3 is 16.0 Å². The first-order chi connectivity index (χ1) is 13.6. The number of urea groups is 1. The maximum atomic E-state index is 12.8. The van der Waals surface area contributed by atoms with Crippen LogP contribution in [0.3, 0.4) is 0 Å². The molecule has 0 radical (unpaired) electrons. The van der Waals surface area contributed by atoms with Crippen molar-refractivity contribution >= 4 is 35.2 Å². The number of hydrogen-bond acceptors (Lipinski definition) is 5. The van der Waals surface area contributed by atoms with Crippen LogP contribution in [-0.4, -0.2) is 38.4 Å². The van der Waals surface area contributed by atoms with Crippen molar-refractivity contribution in [3.8, 4) is 0 Å². The lowest BCUT2D eigenvalue weighted by molar-refractivity contribution is -0.106. The first-order valence-electron chi connectivity index (χ1n) is 8.96. The van der Waals surface area contributed by atoms with Crippen molar-refractivity contribution in [1.82, 2.24) is 10.6 Å². The lowest BCUT2D eigenvalue weighted by atomic mass is 10.00. The molecule has 1 heterocycles. The summed E-state index contributed by atoms with van der Waals surface area (Å²) in [6.07, 6.45) is 0.476. The van der Waals surface area contributed by atoms with E-state index < -0.39 is 6.03 Å². The van der Waals surface area contributed by atoms with Crippen molar-refractivity contribution in [2.45, 2.75) is 6.92 Å². The van der Waals surface area contributed by atoms with Crippen LogP contribution in [-0.2, 0) is 4.79 Å². The molecule has 3 N–H and O–H groups in total. The second kappa shape index (κ2) is 8.49. The molecule has 0 aliphatic carbocycles. The van der Waals surface area contributed by atoms with Crippen LogP contribution < -0.4 is 20.9 Å². The Morgan fingerprint density at radius 2 is 1.82 bits per heavy atom. The predicted molar refractivity (Wildman–Crippen MR) is 109 cm³/mol. The Morgan fingerprint density at radius 1 is 1.11 bits per heavy atom. The minimum Gasteiger partial charge on any atom is -0.351 e. The fourth-order valence-corrected chi connectivity index (χ4v) is 3.11. The van der Waals surface area contributed by atoms with Crippen molar-refractivity contribution in [3.63, 3.8) is 0 Å². The molecule has 0 fully saturated rings. The zero-order chi connectivity index (χ0) is 20.1. The Kier molecular flexibility index (Phi) is 5.86. The standard InChI is InChI=1S/C21H22N4O3/c1-14(19-20(27)16-8-3-5-9-17(16)24-19)15-7-4-6-10-18(15)25(13-26)21(28)23-12-11-22-2/h3-10,13,22,24H,11-12H2,1-2H3,(H,23,28)/b19-14+. The van der Waals surface area contributed by atoms with Crippen molar-refractivity contribution in [1.29, 1.82) is 0 Å². The van der Waals surface area contributed by atoms with Gasteiger partial charge in [-0.25, -0.2) is 9.69 Å². The van der Waals surface area contributed by atoms with Gasteiger partial charge in [-0.3, -0.25) is 9.59 Å². The van der Waals surface area contributed by atoms with Crippen LogP contribution in [0, 0.1) is 0 Å². The molecule has 3 rings (SSSR count). The van der Waals surface area contributed by atoms with Gasteiger partial charge in [0, 0.05) is 29.9 Å². The number of carbonyl (C=O) groups is 3. The van der Waals surface area contributed by atoms with E-state index in [4.69, 9.17) is 0 Å². The minimum absolute atomic E-state index is 0.112. The summed E-state index contributed by atoms with van der Waals surface area (Å²) in [7, 11) is 1.78. The van der Waals surface area contributed by atoms with Gasteiger partial charge in [-0.1, -0.05) is 30.3 Å². The van der Waals surface area contributed by atoms with Gasteiger partial charge in [0.2, 0.25) is 12.2 Å².